The number of hydrogen-bond acceptors (Lipinski definition) is 5. The highest BCUT2D eigenvalue weighted by atomic mass is 32.2. The number of likely N-dealkylation sites (tertiary alicyclic amines) is 1. The highest BCUT2D eigenvalue weighted by molar-refractivity contribution is 7.91. The molecule has 0 aromatic heterocycles. The number of carbonyl (C=O) groups is 1. The minimum Gasteiger partial charge on any atom is -0.444 e. The third kappa shape index (κ3) is 7.58. The maximum Gasteiger partial charge on any atom is 0.410 e. The van der Waals surface area contributed by atoms with E-state index in [0.717, 1.165) is 23.1 Å². The summed E-state index contributed by atoms with van der Waals surface area (Å²) < 4.78 is 37.7. The number of benzene rings is 4. The molecule has 7 heteroatoms. The second-order valence-corrected chi connectivity index (χ2v) is 14.1. The van der Waals surface area contributed by atoms with Crippen molar-refractivity contribution >= 4 is 26.7 Å². The summed E-state index contributed by atoms with van der Waals surface area (Å²) in [7, 11) is -3.34. The second kappa shape index (κ2) is 12.7. The Morgan fingerprint density at radius 2 is 1.52 bits per heavy atom. The predicted octanol–water partition coefficient (Wildman–Crippen LogP) is 7.17. The van der Waals surface area contributed by atoms with E-state index in [1.165, 1.54) is 10.8 Å². The lowest BCUT2D eigenvalue weighted by atomic mass is 9.86. The largest absolute Gasteiger partial charge is 0.444 e. The summed E-state index contributed by atoms with van der Waals surface area (Å²) in [5, 5.41) is 2.35. The molecule has 4 aromatic rings. The fourth-order valence-corrected chi connectivity index (χ4v) is 6.73. The highest BCUT2D eigenvalue weighted by Gasteiger charge is 2.35. The highest BCUT2D eigenvalue weighted by Crippen LogP contribution is 2.32. The Balaban J connectivity index is 1.29. The molecule has 0 spiro atoms. The van der Waals surface area contributed by atoms with E-state index in [-0.39, 0.29) is 23.9 Å². The molecular formula is C35H39NO5S. The van der Waals surface area contributed by atoms with E-state index in [1.54, 1.807) is 29.2 Å². The first kappa shape index (κ1) is 29.8. The van der Waals surface area contributed by atoms with Crippen LogP contribution in [-0.2, 0) is 32.3 Å². The van der Waals surface area contributed by atoms with Crippen molar-refractivity contribution in [2.24, 2.45) is 0 Å². The average Bonchev–Trinajstić information content (AvgIpc) is 2.99. The van der Waals surface area contributed by atoms with Gasteiger partial charge in [-0.3, -0.25) is 0 Å². The maximum absolute atomic E-state index is 12.9. The first-order valence-electron chi connectivity index (χ1n) is 14.5. The summed E-state index contributed by atoms with van der Waals surface area (Å²) in [5.74, 6) is 0.147. The maximum atomic E-state index is 12.9. The standard InChI is InChI=1S/C35H39NO5S/c1-35(2,3)41-34(37)36-21-19-32(33(24-36)40-25-27-15-16-28-9-7-8-10-30(28)23-27)29-17-13-26(14-18-29)20-22-42(38,39)31-11-5-4-6-12-31/h4-18,23,32-33H,19-22,24-25H2,1-3H3. The summed E-state index contributed by atoms with van der Waals surface area (Å²) in [6.45, 7) is 7.06. The molecule has 1 amide bonds. The molecule has 1 saturated heterocycles. The third-order valence-corrected chi connectivity index (χ3v) is 9.39. The average molecular weight is 586 g/mol. The second-order valence-electron chi connectivity index (χ2n) is 12.0. The van der Waals surface area contributed by atoms with Gasteiger partial charge in [-0.05, 0) is 79.3 Å². The molecule has 0 aliphatic carbocycles. The van der Waals surface area contributed by atoms with Crippen LogP contribution in [0.4, 0.5) is 4.79 Å². The van der Waals surface area contributed by atoms with E-state index in [4.69, 9.17) is 9.47 Å². The molecule has 1 heterocycles. The van der Waals surface area contributed by atoms with Gasteiger partial charge < -0.3 is 14.4 Å². The zero-order chi connectivity index (χ0) is 29.7. The fraction of sp³-hybridized carbons (Fsp3) is 0.343. The van der Waals surface area contributed by atoms with Crippen molar-refractivity contribution in [2.45, 2.75) is 62.7 Å². The lowest BCUT2D eigenvalue weighted by Crippen LogP contribution is -2.48. The molecule has 6 nitrogen and oxygen atoms in total. The van der Waals surface area contributed by atoms with Gasteiger partial charge in [0.05, 0.1) is 29.9 Å². The van der Waals surface area contributed by atoms with Gasteiger partial charge in [0.25, 0.3) is 0 Å². The molecule has 0 bridgehead atoms. The molecule has 2 unspecified atom stereocenters. The van der Waals surface area contributed by atoms with Gasteiger partial charge in [-0.2, -0.15) is 0 Å². The zero-order valence-corrected chi connectivity index (χ0v) is 25.3. The molecule has 42 heavy (non-hydrogen) atoms. The number of aryl methyl sites for hydroxylation is 1. The number of amides is 1. The molecule has 5 rings (SSSR count). The topological polar surface area (TPSA) is 72.9 Å². The van der Waals surface area contributed by atoms with Crippen molar-refractivity contribution in [2.75, 3.05) is 18.8 Å². The number of carbonyl (C=O) groups excluding carboxylic acids is 1. The SMILES string of the molecule is CC(C)(C)OC(=O)N1CCC(c2ccc(CCS(=O)(=O)c3ccccc3)cc2)C(OCc2ccc3ccccc3c2)C1. The smallest absolute Gasteiger partial charge is 0.410 e. The number of nitrogens with zero attached hydrogens (tertiary/aromatic N) is 1. The Hall–Kier alpha value is -3.68. The minimum absolute atomic E-state index is 0.0577. The van der Waals surface area contributed by atoms with Crippen LogP contribution < -0.4 is 0 Å². The van der Waals surface area contributed by atoms with Crippen LogP contribution in [0.25, 0.3) is 10.8 Å². The van der Waals surface area contributed by atoms with Gasteiger partial charge in [-0.1, -0.05) is 78.9 Å². The Kier molecular flexibility index (Phi) is 8.99. The Morgan fingerprint density at radius 1 is 0.857 bits per heavy atom. The van der Waals surface area contributed by atoms with Crippen LogP contribution in [0.3, 0.4) is 0 Å². The minimum atomic E-state index is -3.34. The predicted molar refractivity (Wildman–Crippen MR) is 166 cm³/mol. The fourth-order valence-electron chi connectivity index (χ4n) is 5.42. The van der Waals surface area contributed by atoms with Gasteiger partial charge in [0.2, 0.25) is 0 Å². The van der Waals surface area contributed by atoms with Crippen molar-refractivity contribution in [3.8, 4) is 0 Å². The van der Waals surface area contributed by atoms with Crippen LogP contribution >= 0.6 is 0 Å². The van der Waals surface area contributed by atoms with Crippen LogP contribution in [0.15, 0.2) is 102 Å². The van der Waals surface area contributed by atoms with E-state index in [1.807, 2.05) is 51.1 Å². The van der Waals surface area contributed by atoms with Gasteiger partial charge in [0.15, 0.2) is 9.84 Å². The number of ether oxygens (including phenoxy) is 2. The Bertz CT molecular complexity index is 1610. The Labute approximate surface area is 249 Å². The summed E-state index contributed by atoms with van der Waals surface area (Å²) in [5.41, 5.74) is 2.60. The molecule has 1 aliphatic rings. The van der Waals surface area contributed by atoms with Gasteiger partial charge in [0, 0.05) is 12.5 Å². The summed E-state index contributed by atoms with van der Waals surface area (Å²) in [6, 6.07) is 31.3. The van der Waals surface area contributed by atoms with E-state index in [0.29, 0.717) is 31.0 Å². The molecular weight excluding hydrogens is 546 g/mol. The number of piperidine rings is 1. The van der Waals surface area contributed by atoms with Crippen molar-refractivity contribution in [3.63, 3.8) is 0 Å². The number of fused-ring (bicyclic) bond motifs is 1. The molecule has 4 aromatic carbocycles. The van der Waals surface area contributed by atoms with Crippen molar-refractivity contribution < 1.29 is 22.7 Å². The number of rotatable bonds is 8. The van der Waals surface area contributed by atoms with Crippen molar-refractivity contribution in [3.05, 3.63) is 114 Å². The van der Waals surface area contributed by atoms with E-state index in [9.17, 15) is 13.2 Å². The number of sulfone groups is 1. The van der Waals surface area contributed by atoms with E-state index >= 15 is 0 Å². The van der Waals surface area contributed by atoms with Crippen LogP contribution in [0.5, 0.6) is 0 Å². The van der Waals surface area contributed by atoms with E-state index < -0.39 is 15.4 Å². The molecule has 1 aliphatic heterocycles. The molecule has 2 atom stereocenters. The summed E-state index contributed by atoms with van der Waals surface area (Å²) in [4.78, 5) is 15.0. The van der Waals surface area contributed by atoms with E-state index in [2.05, 4.69) is 42.5 Å². The van der Waals surface area contributed by atoms with Crippen molar-refractivity contribution in [1.29, 1.82) is 0 Å². The molecule has 0 radical (unpaired) electrons. The third-order valence-electron chi connectivity index (χ3n) is 7.66. The molecule has 0 N–H and O–H groups in total. The van der Waals surface area contributed by atoms with Gasteiger partial charge in [0.1, 0.15) is 5.60 Å². The van der Waals surface area contributed by atoms with Crippen molar-refractivity contribution in [1.82, 2.24) is 4.90 Å². The van der Waals surface area contributed by atoms with Gasteiger partial charge >= 0.3 is 6.09 Å². The lowest BCUT2D eigenvalue weighted by Gasteiger charge is -2.39. The zero-order valence-electron chi connectivity index (χ0n) is 24.5. The molecule has 220 valence electrons. The van der Waals surface area contributed by atoms with Gasteiger partial charge in [-0.15, -0.1) is 0 Å². The normalized spacial score (nSPS) is 17.7. The Morgan fingerprint density at radius 3 is 2.24 bits per heavy atom. The van der Waals surface area contributed by atoms with Crippen LogP contribution in [0, 0.1) is 0 Å². The quantitative estimate of drug-likeness (QED) is 0.219. The van der Waals surface area contributed by atoms with Crippen LogP contribution in [-0.4, -0.2) is 50.0 Å². The van der Waals surface area contributed by atoms with Crippen LogP contribution in [0.2, 0.25) is 0 Å². The summed E-state index contributed by atoms with van der Waals surface area (Å²) in [6.07, 6.45) is 0.636. The summed E-state index contributed by atoms with van der Waals surface area (Å²) >= 11 is 0. The first-order valence-corrected chi connectivity index (χ1v) is 16.2. The van der Waals surface area contributed by atoms with Crippen LogP contribution in [0.1, 0.15) is 49.8 Å². The monoisotopic (exact) mass is 585 g/mol. The number of hydrogen-bond donors (Lipinski definition) is 0. The molecule has 0 saturated carbocycles. The first-order chi connectivity index (χ1) is 20.1. The van der Waals surface area contributed by atoms with Gasteiger partial charge in [-0.25, -0.2) is 13.2 Å². The molecule has 1 fully saturated rings. The lowest BCUT2D eigenvalue weighted by molar-refractivity contribution is -0.0359.